The molecule has 0 spiro atoms. The molecule has 0 fully saturated rings. The molecule has 1 aromatic rings. The van der Waals surface area contributed by atoms with Crippen LogP contribution in [0.5, 0.6) is 0 Å². The van der Waals surface area contributed by atoms with Gasteiger partial charge >= 0.3 is 0 Å². The molecule has 0 heteroatoms. The molecule has 0 bridgehead atoms. The Bertz CT molecular complexity index is 340. The second-order valence-electron chi connectivity index (χ2n) is 7.45. The molecule has 0 amide bonds. The Morgan fingerprint density at radius 1 is 0.944 bits per heavy atom. The predicted octanol–water partition coefficient (Wildman–Crippen LogP) is 6.03. The van der Waals surface area contributed by atoms with E-state index in [1.807, 2.05) is 0 Å². The summed E-state index contributed by atoms with van der Waals surface area (Å²) in [6.45, 7) is 14.2. The van der Waals surface area contributed by atoms with Gasteiger partial charge in [0.25, 0.3) is 0 Å². The fraction of sp³-hybridized carbons (Fsp3) is 0.667. The Kier molecular flexibility index (Phi) is 5.01. The summed E-state index contributed by atoms with van der Waals surface area (Å²) in [6, 6.07) is 11.0. The van der Waals surface area contributed by atoms with Gasteiger partial charge < -0.3 is 0 Å². The van der Waals surface area contributed by atoms with Gasteiger partial charge in [-0.3, -0.25) is 0 Å². The van der Waals surface area contributed by atoms with E-state index in [-0.39, 0.29) is 0 Å². The lowest BCUT2D eigenvalue weighted by Gasteiger charge is -2.37. The van der Waals surface area contributed by atoms with E-state index in [9.17, 15) is 0 Å². The third kappa shape index (κ3) is 4.48. The van der Waals surface area contributed by atoms with Gasteiger partial charge in [0.2, 0.25) is 0 Å². The van der Waals surface area contributed by atoms with Crippen LogP contribution < -0.4 is 0 Å². The second kappa shape index (κ2) is 5.91. The van der Waals surface area contributed by atoms with Crippen LogP contribution in [0.3, 0.4) is 0 Å². The normalized spacial score (nSPS) is 14.6. The minimum atomic E-state index is 0.326. The Hall–Kier alpha value is -0.780. The maximum Gasteiger partial charge on any atom is -0.0108 e. The third-order valence-electron chi connectivity index (χ3n) is 3.93. The number of benzene rings is 1. The zero-order valence-corrected chi connectivity index (χ0v) is 13.1. The molecule has 1 atom stereocenters. The fourth-order valence-corrected chi connectivity index (χ4v) is 2.94. The lowest BCUT2D eigenvalue weighted by Crippen LogP contribution is -2.25. The number of hydrogen-bond donors (Lipinski definition) is 0. The van der Waals surface area contributed by atoms with E-state index in [1.54, 1.807) is 0 Å². The van der Waals surface area contributed by atoms with E-state index in [1.165, 1.54) is 24.8 Å². The summed E-state index contributed by atoms with van der Waals surface area (Å²) in [4.78, 5) is 0. The molecule has 0 aromatic heterocycles. The second-order valence-corrected chi connectivity index (χ2v) is 7.45. The molecule has 0 nitrogen and oxygen atoms in total. The SMILES string of the molecule is CCCC(C)(C)CC(c1ccccc1)C(C)(C)C. The van der Waals surface area contributed by atoms with Crippen LogP contribution in [0, 0.1) is 10.8 Å². The van der Waals surface area contributed by atoms with Crippen molar-refractivity contribution in [2.75, 3.05) is 0 Å². The average Bonchev–Trinajstić information content (AvgIpc) is 2.26. The Balaban J connectivity index is 2.95. The molecule has 18 heavy (non-hydrogen) atoms. The maximum atomic E-state index is 2.41. The van der Waals surface area contributed by atoms with Crippen molar-refractivity contribution in [1.82, 2.24) is 0 Å². The van der Waals surface area contributed by atoms with Gasteiger partial charge in [-0.1, -0.05) is 78.3 Å². The van der Waals surface area contributed by atoms with Crippen LogP contribution in [0.4, 0.5) is 0 Å². The van der Waals surface area contributed by atoms with Gasteiger partial charge in [0.15, 0.2) is 0 Å². The highest BCUT2D eigenvalue weighted by Gasteiger charge is 2.31. The Labute approximate surface area is 114 Å². The van der Waals surface area contributed by atoms with Crippen LogP contribution in [0.25, 0.3) is 0 Å². The molecular formula is C18H30. The quantitative estimate of drug-likeness (QED) is 0.595. The highest BCUT2D eigenvalue weighted by molar-refractivity contribution is 5.21. The van der Waals surface area contributed by atoms with Crippen molar-refractivity contribution in [3.63, 3.8) is 0 Å². The molecule has 0 saturated carbocycles. The highest BCUT2D eigenvalue weighted by Crippen LogP contribution is 2.44. The van der Waals surface area contributed by atoms with E-state index in [0.29, 0.717) is 16.7 Å². The van der Waals surface area contributed by atoms with Crippen LogP contribution in [-0.2, 0) is 0 Å². The van der Waals surface area contributed by atoms with Crippen molar-refractivity contribution in [1.29, 1.82) is 0 Å². The van der Waals surface area contributed by atoms with Crippen molar-refractivity contribution in [2.24, 2.45) is 10.8 Å². The zero-order chi connectivity index (χ0) is 13.8. The summed E-state index contributed by atoms with van der Waals surface area (Å²) in [5.74, 6) is 0.639. The molecule has 0 aliphatic carbocycles. The maximum absolute atomic E-state index is 2.41. The van der Waals surface area contributed by atoms with Gasteiger partial charge in [0.1, 0.15) is 0 Å². The van der Waals surface area contributed by atoms with Crippen LogP contribution in [-0.4, -0.2) is 0 Å². The highest BCUT2D eigenvalue weighted by atomic mass is 14.4. The van der Waals surface area contributed by atoms with Gasteiger partial charge in [0.05, 0.1) is 0 Å². The third-order valence-corrected chi connectivity index (χ3v) is 3.93. The fourth-order valence-electron chi connectivity index (χ4n) is 2.94. The van der Waals surface area contributed by atoms with Crippen molar-refractivity contribution in [3.05, 3.63) is 35.9 Å². The lowest BCUT2D eigenvalue weighted by atomic mass is 9.67. The van der Waals surface area contributed by atoms with Crippen molar-refractivity contribution in [2.45, 2.75) is 66.7 Å². The zero-order valence-electron chi connectivity index (χ0n) is 13.1. The van der Waals surface area contributed by atoms with Gasteiger partial charge in [-0.05, 0) is 35.2 Å². The van der Waals surface area contributed by atoms with E-state index < -0.39 is 0 Å². The molecule has 0 aliphatic rings. The molecule has 0 aliphatic heterocycles. The van der Waals surface area contributed by atoms with E-state index in [4.69, 9.17) is 0 Å². The summed E-state index contributed by atoms with van der Waals surface area (Å²) in [7, 11) is 0. The molecule has 0 radical (unpaired) electrons. The minimum absolute atomic E-state index is 0.326. The molecule has 1 unspecified atom stereocenters. The van der Waals surface area contributed by atoms with Gasteiger partial charge in [-0.2, -0.15) is 0 Å². The average molecular weight is 246 g/mol. The van der Waals surface area contributed by atoms with Gasteiger partial charge in [0, 0.05) is 0 Å². The topological polar surface area (TPSA) is 0 Å². The Morgan fingerprint density at radius 3 is 1.94 bits per heavy atom. The summed E-state index contributed by atoms with van der Waals surface area (Å²) in [5.41, 5.74) is 2.25. The lowest BCUT2D eigenvalue weighted by molar-refractivity contribution is 0.202. The van der Waals surface area contributed by atoms with E-state index >= 15 is 0 Å². The Morgan fingerprint density at radius 2 is 1.50 bits per heavy atom. The molecule has 102 valence electrons. The molecule has 1 rings (SSSR count). The van der Waals surface area contributed by atoms with Crippen LogP contribution in [0.15, 0.2) is 30.3 Å². The largest absolute Gasteiger partial charge is 0.0654 e. The molecular weight excluding hydrogens is 216 g/mol. The number of rotatable bonds is 5. The van der Waals surface area contributed by atoms with Crippen molar-refractivity contribution >= 4 is 0 Å². The first-order valence-electron chi connectivity index (χ1n) is 7.31. The summed E-state index contributed by atoms with van der Waals surface area (Å²) in [6.07, 6.45) is 3.86. The predicted molar refractivity (Wildman–Crippen MR) is 81.9 cm³/mol. The van der Waals surface area contributed by atoms with E-state index in [2.05, 4.69) is 71.9 Å². The van der Waals surface area contributed by atoms with Crippen LogP contribution >= 0.6 is 0 Å². The summed E-state index contributed by atoms with van der Waals surface area (Å²) < 4.78 is 0. The standard InChI is InChI=1S/C18H30/c1-7-13-18(5,6)14-16(17(2,3)4)15-11-9-8-10-12-15/h8-12,16H,7,13-14H2,1-6H3. The summed E-state index contributed by atoms with van der Waals surface area (Å²) in [5, 5.41) is 0. The van der Waals surface area contributed by atoms with Gasteiger partial charge in [-0.25, -0.2) is 0 Å². The molecule has 0 heterocycles. The molecule has 1 aromatic carbocycles. The minimum Gasteiger partial charge on any atom is -0.0654 e. The van der Waals surface area contributed by atoms with Crippen molar-refractivity contribution < 1.29 is 0 Å². The monoisotopic (exact) mass is 246 g/mol. The smallest absolute Gasteiger partial charge is 0.0108 e. The first-order valence-corrected chi connectivity index (χ1v) is 7.31. The first-order chi connectivity index (χ1) is 8.26. The molecule has 0 saturated heterocycles. The van der Waals surface area contributed by atoms with Crippen LogP contribution in [0.2, 0.25) is 0 Å². The van der Waals surface area contributed by atoms with Crippen LogP contribution in [0.1, 0.15) is 72.3 Å². The summed E-state index contributed by atoms with van der Waals surface area (Å²) >= 11 is 0. The van der Waals surface area contributed by atoms with Crippen molar-refractivity contribution in [3.8, 4) is 0 Å². The van der Waals surface area contributed by atoms with E-state index in [0.717, 1.165) is 0 Å². The first kappa shape index (κ1) is 15.3. The number of hydrogen-bond acceptors (Lipinski definition) is 0. The van der Waals surface area contributed by atoms with Gasteiger partial charge in [-0.15, -0.1) is 0 Å². The molecule has 0 N–H and O–H groups in total.